The Morgan fingerprint density at radius 1 is 1.16 bits per heavy atom. The lowest BCUT2D eigenvalue weighted by molar-refractivity contribution is -0.161. The molecule has 0 spiro atoms. The fraction of sp³-hybridized carbons (Fsp3) is 0.579. The molecule has 2 fully saturated rings. The van der Waals surface area contributed by atoms with Crippen LogP contribution < -0.4 is 9.47 Å². The summed E-state index contributed by atoms with van der Waals surface area (Å²) in [7, 11) is 3.25. The third-order valence-corrected chi connectivity index (χ3v) is 5.50. The minimum atomic E-state index is -0.826. The van der Waals surface area contributed by atoms with Crippen molar-refractivity contribution in [2.45, 2.75) is 32.1 Å². The maximum absolute atomic E-state index is 12.4. The van der Waals surface area contributed by atoms with Crippen LogP contribution in [0.15, 0.2) is 18.2 Å². The van der Waals surface area contributed by atoms with Crippen LogP contribution >= 0.6 is 0 Å². The molecule has 1 aliphatic carbocycles. The summed E-state index contributed by atoms with van der Waals surface area (Å²) in [6.07, 6.45) is 3.13. The van der Waals surface area contributed by atoms with Crippen molar-refractivity contribution in [2.75, 3.05) is 27.3 Å². The quantitative estimate of drug-likeness (QED) is 0.819. The summed E-state index contributed by atoms with van der Waals surface area (Å²) in [6.45, 7) is 1.38. The molecule has 136 valence electrons. The van der Waals surface area contributed by atoms with E-state index in [0.717, 1.165) is 29.9 Å². The van der Waals surface area contributed by atoms with Crippen LogP contribution in [0, 0.1) is 11.3 Å². The molecule has 0 aromatic heterocycles. The van der Waals surface area contributed by atoms with Gasteiger partial charge in [0, 0.05) is 25.6 Å². The van der Waals surface area contributed by atoms with E-state index in [0.29, 0.717) is 31.8 Å². The summed E-state index contributed by atoms with van der Waals surface area (Å²) in [5, 5.41) is 9.36. The van der Waals surface area contributed by atoms with Gasteiger partial charge in [-0.15, -0.1) is 0 Å². The molecule has 0 bridgehead atoms. The fourth-order valence-corrected chi connectivity index (χ4v) is 3.69. The Kier molecular flexibility index (Phi) is 4.88. The number of carboxylic acid groups (broad SMARTS) is 1. The van der Waals surface area contributed by atoms with E-state index in [9.17, 15) is 14.7 Å². The minimum absolute atomic E-state index is 0.0263. The monoisotopic (exact) mass is 347 g/mol. The average Bonchev–Trinajstić information content (AvgIpc) is 2.52. The van der Waals surface area contributed by atoms with Crippen molar-refractivity contribution in [3.05, 3.63) is 23.8 Å². The van der Waals surface area contributed by atoms with Crippen LogP contribution in [0.4, 0.5) is 0 Å². The molecule has 1 aromatic rings. The molecule has 0 unspecified atom stereocenters. The first kappa shape index (κ1) is 17.6. The molecule has 0 radical (unpaired) electrons. The molecule has 1 aromatic carbocycles. The highest BCUT2D eigenvalue weighted by molar-refractivity contribution is 5.86. The molecule has 2 aliphatic rings. The zero-order valence-corrected chi connectivity index (χ0v) is 14.8. The zero-order valence-electron chi connectivity index (χ0n) is 14.8. The van der Waals surface area contributed by atoms with Gasteiger partial charge in [0.2, 0.25) is 5.91 Å². The lowest BCUT2D eigenvalue weighted by Crippen LogP contribution is -2.53. The molecule has 3 rings (SSSR count). The smallest absolute Gasteiger partial charge is 0.310 e. The van der Waals surface area contributed by atoms with Gasteiger partial charge in [-0.05, 0) is 42.9 Å². The van der Waals surface area contributed by atoms with Crippen molar-refractivity contribution in [1.82, 2.24) is 4.90 Å². The largest absolute Gasteiger partial charge is 0.497 e. The van der Waals surface area contributed by atoms with E-state index < -0.39 is 11.4 Å². The third-order valence-electron chi connectivity index (χ3n) is 5.50. The standard InChI is InChI=1S/C19H25NO5/c1-24-15-7-13(8-16(9-15)25-2)6-14-11-20(12-14)17(21)10-19(18(22)23)4-3-5-19/h7-9,14H,3-6,10-12H2,1-2H3,(H,22,23). The molecule has 1 saturated carbocycles. The predicted octanol–water partition coefficient (Wildman–Crippen LogP) is 2.35. The number of nitrogens with zero attached hydrogens (tertiary/aromatic N) is 1. The number of carbonyl (C=O) groups is 2. The fourth-order valence-electron chi connectivity index (χ4n) is 3.69. The van der Waals surface area contributed by atoms with Crippen LogP contribution in [-0.2, 0) is 16.0 Å². The normalized spacial score (nSPS) is 18.9. The highest BCUT2D eigenvalue weighted by atomic mass is 16.5. The van der Waals surface area contributed by atoms with Gasteiger partial charge in [-0.1, -0.05) is 6.42 Å². The van der Waals surface area contributed by atoms with Gasteiger partial charge in [-0.25, -0.2) is 0 Å². The van der Waals surface area contributed by atoms with E-state index in [1.165, 1.54) is 0 Å². The lowest BCUT2D eigenvalue weighted by Gasteiger charge is -2.43. The first-order chi connectivity index (χ1) is 12.0. The van der Waals surface area contributed by atoms with E-state index in [2.05, 4.69) is 0 Å². The highest BCUT2D eigenvalue weighted by Gasteiger charge is 2.47. The molecule has 1 heterocycles. The number of methoxy groups -OCH3 is 2. The van der Waals surface area contributed by atoms with Crippen LogP contribution in [0.2, 0.25) is 0 Å². The summed E-state index contributed by atoms with van der Waals surface area (Å²) in [4.78, 5) is 25.5. The summed E-state index contributed by atoms with van der Waals surface area (Å²) < 4.78 is 10.6. The molecule has 1 saturated heterocycles. The second-order valence-corrected chi connectivity index (χ2v) is 7.21. The first-order valence-corrected chi connectivity index (χ1v) is 8.69. The van der Waals surface area contributed by atoms with Gasteiger partial charge >= 0.3 is 5.97 Å². The van der Waals surface area contributed by atoms with E-state index in [4.69, 9.17) is 9.47 Å². The van der Waals surface area contributed by atoms with Crippen molar-refractivity contribution >= 4 is 11.9 Å². The number of carboxylic acids is 1. The number of ether oxygens (including phenoxy) is 2. The van der Waals surface area contributed by atoms with E-state index in [1.807, 2.05) is 18.2 Å². The van der Waals surface area contributed by atoms with Crippen LogP contribution in [-0.4, -0.2) is 49.2 Å². The molecule has 6 nitrogen and oxygen atoms in total. The molecule has 0 atom stereocenters. The SMILES string of the molecule is COc1cc(CC2CN(C(=O)CC3(C(=O)O)CCC3)C2)cc(OC)c1. The summed E-state index contributed by atoms with van der Waals surface area (Å²) in [5.74, 6) is 1.06. The highest BCUT2D eigenvalue weighted by Crippen LogP contribution is 2.45. The van der Waals surface area contributed by atoms with Gasteiger partial charge in [-0.2, -0.15) is 0 Å². The zero-order chi connectivity index (χ0) is 18.0. The minimum Gasteiger partial charge on any atom is -0.497 e. The van der Waals surface area contributed by atoms with Gasteiger partial charge in [0.05, 0.1) is 19.6 Å². The molecule has 1 amide bonds. The van der Waals surface area contributed by atoms with Crippen LogP contribution in [0.1, 0.15) is 31.2 Å². The summed E-state index contributed by atoms with van der Waals surface area (Å²) >= 11 is 0. The topological polar surface area (TPSA) is 76.1 Å². The lowest BCUT2D eigenvalue weighted by atomic mass is 9.66. The van der Waals surface area contributed by atoms with Crippen molar-refractivity contribution in [3.63, 3.8) is 0 Å². The van der Waals surface area contributed by atoms with Crippen LogP contribution in [0.3, 0.4) is 0 Å². The van der Waals surface area contributed by atoms with Crippen molar-refractivity contribution in [1.29, 1.82) is 0 Å². The Labute approximate surface area is 147 Å². The van der Waals surface area contributed by atoms with Gasteiger partial charge in [0.25, 0.3) is 0 Å². The van der Waals surface area contributed by atoms with Gasteiger partial charge in [0.1, 0.15) is 11.5 Å². The maximum atomic E-state index is 12.4. The van der Waals surface area contributed by atoms with Crippen molar-refractivity contribution in [2.24, 2.45) is 11.3 Å². The Morgan fingerprint density at radius 2 is 1.76 bits per heavy atom. The molecular weight excluding hydrogens is 322 g/mol. The second kappa shape index (κ2) is 6.94. The van der Waals surface area contributed by atoms with E-state index in [-0.39, 0.29) is 12.3 Å². The second-order valence-electron chi connectivity index (χ2n) is 7.21. The van der Waals surface area contributed by atoms with Crippen molar-refractivity contribution < 1.29 is 24.2 Å². The van der Waals surface area contributed by atoms with Gasteiger partial charge < -0.3 is 19.5 Å². The number of benzene rings is 1. The molecule has 6 heteroatoms. The van der Waals surface area contributed by atoms with Crippen LogP contribution in [0.5, 0.6) is 11.5 Å². The van der Waals surface area contributed by atoms with Gasteiger partial charge in [0.15, 0.2) is 0 Å². The number of hydrogen-bond donors (Lipinski definition) is 1. The number of rotatable bonds is 7. The Morgan fingerprint density at radius 3 is 2.20 bits per heavy atom. The van der Waals surface area contributed by atoms with Gasteiger partial charge in [-0.3, -0.25) is 9.59 Å². The Bertz CT molecular complexity index is 640. The van der Waals surface area contributed by atoms with Crippen molar-refractivity contribution in [3.8, 4) is 11.5 Å². The molecule has 25 heavy (non-hydrogen) atoms. The predicted molar refractivity (Wildman–Crippen MR) is 91.9 cm³/mol. The number of likely N-dealkylation sites (tertiary alicyclic amines) is 1. The molecule has 1 aliphatic heterocycles. The number of amides is 1. The molecular formula is C19H25NO5. The Hall–Kier alpha value is -2.24. The van der Waals surface area contributed by atoms with E-state index in [1.54, 1.807) is 19.1 Å². The summed E-state index contributed by atoms with van der Waals surface area (Å²) in [6, 6.07) is 5.81. The van der Waals surface area contributed by atoms with E-state index >= 15 is 0 Å². The number of aliphatic carboxylic acids is 1. The molecule has 1 N–H and O–H groups in total. The summed E-state index contributed by atoms with van der Waals surface area (Å²) in [5.41, 5.74) is 0.316. The average molecular weight is 347 g/mol. The number of carbonyl (C=O) groups excluding carboxylic acids is 1. The van der Waals surface area contributed by atoms with Crippen LogP contribution in [0.25, 0.3) is 0 Å². The number of hydrogen-bond acceptors (Lipinski definition) is 4. The third kappa shape index (κ3) is 3.57. The maximum Gasteiger partial charge on any atom is 0.310 e. The first-order valence-electron chi connectivity index (χ1n) is 8.69. The Balaban J connectivity index is 1.53.